The largest absolute Gasteiger partial charge is 0.347 e. The quantitative estimate of drug-likeness (QED) is 0.773. The van der Waals surface area contributed by atoms with Gasteiger partial charge in [-0.15, -0.1) is 0 Å². The molecule has 2 aromatic carbocycles. The molecule has 0 atom stereocenters. The molecule has 1 aromatic heterocycles. The van der Waals surface area contributed by atoms with E-state index in [0.29, 0.717) is 12.2 Å². The molecule has 23 heavy (non-hydrogen) atoms. The Balaban J connectivity index is 1.66. The van der Waals surface area contributed by atoms with Crippen molar-refractivity contribution in [2.45, 2.75) is 20.4 Å². The van der Waals surface area contributed by atoms with Crippen LogP contribution in [0.5, 0.6) is 0 Å². The Hall–Kier alpha value is -2.88. The number of benzene rings is 2. The lowest BCUT2D eigenvalue weighted by molar-refractivity contribution is 0.0946. The number of rotatable bonds is 4. The number of aromatic nitrogens is 2. The Morgan fingerprint density at radius 1 is 1.00 bits per heavy atom. The molecule has 0 aliphatic rings. The van der Waals surface area contributed by atoms with Gasteiger partial charge in [0, 0.05) is 12.1 Å². The van der Waals surface area contributed by atoms with Crippen LogP contribution in [0.3, 0.4) is 0 Å². The van der Waals surface area contributed by atoms with Gasteiger partial charge in [-0.05, 0) is 25.5 Å². The molecule has 0 unspecified atom stereocenters. The monoisotopic (exact) mass is 305 g/mol. The van der Waals surface area contributed by atoms with Crippen molar-refractivity contribution in [1.82, 2.24) is 15.5 Å². The van der Waals surface area contributed by atoms with Gasteiger partial charge in [-0.3, -0.25) is 9.89 Å². The summed E-state index contributed by atoms with van der Waals surface area (Å²) in [6.45, 7) is 4.58. The maximum Gasteiger partial charge on any atom is 0.269 e. The van der Waals surface area contributed by atoms with Crippen LogP contribution in [0, 0.1) is 13.8 Å². The molecule has 3 aromatic rings. The third-order valence-corrected chi connectivity index (χ3v) is 3.74. The lowest BCUT2D eigenvalue weighted by Crippen LogP contribution is -2.23. The molecule has 0 saturated heterocycles. The molecule has 116 valence electrons. The van der Waals surface area contributed by atoms with E-state index < -0.39 is 0 Å². The average Bonchev–Trinajstić information content (AvgIpc) is 3.05. The molecule has 0 radical (unpaired) electrons. The molecule has 0 bridgehead atoms. The van der Waals surface area contributed by atoms with Gasteiger partial charge in [-0.2, -0.15) is 5.10 Å². The molecule has 0 aliphatic carbocycles. The maximum atomic E-state index is 12.2. The SMILES string of the molecule is Cc1ccc(CNC(=O)c2cc(-c3ccc(C)cc3)n[nH]2)cc1. The van der Waals surface area contributed by atoms with E-state index in [0.717, 1.165) is 16.8 Å². The smallest absolute Gasteiger partial charge is 0.269 e. The van der Waals surface area contributed by atoms with Crippen LogP contribution >= 0.6 is 0 Å². The first-order valence-electron chi connectivity index (χ1n) is 7.58. The van der Waals surface area contributed by atoms with Gasteiger partial charge in [0.2, 0.25) is 0 Å². The van der Waals surface area contributed by atoms with Crippen LogP contribution in [-0.2, 0) is 6.54 Å². The van der Waals surface area contributed by atoms with E-state index in [9.17, 15) is 4.79 Å². The molecule has 0 aliphatic heterocycles. The van der Waals surface area contributed by atoms with Crippen LogP contribution in [0.15, 0.2) is 54.6 Å². The van der Waals surface area contributed by atoms with E-state index in [-0.39, 0.29) is 5.91 Å². The highest BCUT2D eigenvalue weighted by atomic mass is 16.1. The standard InChI is InChI=1S/C19H19N3O/c1-13-3-7-15(8-4-13)12-20-19(23)18-11-17(21-22-18)16-9-5-14(2)6-10-16/h3-11H,12H2,1-2H3,(H,20,23)(H,21,22). The molecule has 3 rings (SSSR count). The van der Waals surface area contributed by atoms with Crippen molar-refractivity contribution in [3.63, 3.8) is 0 Å². The van der Waals surface area contributed by atoms with Crippen molar-refractivity contribution in [2.75, 3.05) is 0 Å². The average molecular weight is 305 g/mol. The summed E-state index contributed by atoms with van der Waals surface area (Å²) in [5, 5.41) is 9.92. The molecule has 1 heterocycles. The molecular weight excluding hydrogens is 286 g/mol. The van der Waals surface area contributed by atoms with E-state index in [1.807, 2.05) is 62.4 Å². The molecule has 1 amide bonds. The number of aryl methyl sites for hydroxylation is 2. The van der Waals surface area contributed by atoms with Gasteiger partial charge in [0.15, 0.2) is 0 Å². The second-order valence-electron chi connectivity index (χ2n) is 5.70. The Labute approximate surface area is 135 Å². The van der Waals surface area contributed by atoms with Gasteiger partial charge in [0.25, 0.3) is 5.91 Å². The highest BCUT2D eigenvalue weighted by Crippen LogP contribution is 2.18. The lowest BCUT2D eigenvalue weighted by Gasteiger charge is -2.04. The van der Waals surface area contributed by atoms with Crippen LogP contribution in [0.4, 0.5) is 0 Å². The van der Waals surface area contributed by atoms with Crippen molar-refractivity contribution < 1.29 is 4.79 Å². The predicted molar refractivity (Wildman–Crippen MR) is 91.1 cm³/mol. The Bertz CT molecular complexity index is 801. The summed E-state index contributed by atoms with van der Waals surface area (Å²) in [5.41, 5.74) is 5.70. The normalized spacial score (nSPS) is 10.5. The first-order valence-corrected chi connectivity index (χ1v) is 7.58. The summed E-state index contributed by atoms with van der Waals surface area (Å²) >= 11 is 0. The molecular formula is C19H19N3O. The van der Waals surface area contributed by atoms with Gasteiger partial charge in [0.05, 0.1) is 5.69 Å². The maximum absolute atomic E-state index is 12.2. The zero-order chi connectivity index (χ0) is 16.2. The van der Waals surface area contributed by atoms with E-state index in [2.05, 4.69) is 15.5 Å². The number of nitrogens with one attached hydrogen (secondary N) is 2. The molecule has 4 heteroatoms. The van der Waals surface area contributed by atoms with Crippen molar-refractivity contribution >= 4 is 5.91 Å². The summed E-state index contributed by atoms with van der Waals surface area (Å²) in [5.74, 6) is -0.156. The highest BCUT2D eigenvalue weighted by molar-refractivity contribution is 5.93. The van der Waals surface area contributed by atoms with Gasteiger partial charge < -0.3 is 5.32 Å². The zero-order valence-corrected chi connectivity index (χ0v) is 13.3. The molecule has 0 saturated carbocycles. The van der Waals surface area contributed by atoms with Crippen molar-refractivity contribution in [1.29, 1.82) is 0 Å². The first kappa shape index (κ1) is 15.0. The highest BCUT2D eigenvalue weighted by Gasteiger charge is 2.10. The van der Waals surface area contributed by atoms with Crippen molar-refractivity contribution in [3.8, 4) is 11.3 Å². The van der Waals surface area contributed by atoms with Crippen LogP contribution < -0.4 is 5.32 Å². The molecule has 0 fully saturated rings. The number of carbonyl (C=O) groups is 1. The van der Waals surface area contributed by atoms with Gasteiger partial charge in [0.1, 0.15) is 5.69 Å². The van der Waals surface area contributed by atoms with Crippen molar-refractivity contribution in [3.05, 3.63) is 77.0 Å². The van der Waals surface area contributed by atoms with Crippen LogP contribution in [0.2, 0.25) is 0 Å². The minimum atomic E-state index is -0.156. The Morgan fingerprint density at radius 2 is 1.61 bits per heavy atom. The predicted octanol–water partition coefficient (Wildman–Crippen LogP) is 3.62. The Kier molecular flexibility index (Phi) is 4.24. The van der Waals surface area contributed by atoms with Crippen LogP contribution in [-0.4, -0.2) is 16.1 Å². The van der Waals surface area contributed by atoms with E-state index in [1.54, 1.807) is 6.07 Å². The Morgan fingerprint density at radius 3 is 2.26 bits per heavy atom. The van der Waals surface area contributed by atoms with Crippen molar-refractivity contribution in [2.24, 2.45) is 0 Å². The number of H-pyrrole nitrogens is 1. The second-order valence-corrected chi connectivity index (χ2v) is 5.70. The number of aromatic amines is 1. The topological polar surface area (TPSA) is 57.8 Å². The third kappa shape index (κ3) is 3.66. The number of carbonyl (C=O) groups excluding carboxylic acids is 1. The molecule has 2 N–H and O–H groups in total. The first-order chi connectivity index (χ1) is 11.1. The van der Waals surface area contributed by atoms with Gasteiger partial charge in [-0.25, -0.2) is 0 Å². The summed E-state index contributed by atoms with van der Waals surface area (Å²) in [4.78, 5) is 12.2. The van der Waals surface area contributed by atoms with E-state index in [4.69, 9.17) is 0 Å². The van der Waals surface area contributed by atoms with E-state index in [1.165, 1.54) is 11.1 Å². The zero-order valence-electron chi connectivity index (χ0n) is 13.3. The van der Waals surface area contributed by atoms with E-state index >= 15 is 0 Å². The summed E-state index contributed by atoms with van der Waals surface area (Å²) in [6.07, 6.45) is 0. The molecule has 4 nitrogen and oxygen atoms in total. The summed E-state index contributed by atoms with van der Waals surface area (Å²) in [6, 6.07) is 17.9. The fourth-order valence-corrected chi connectivity index (χ4v) is 2.29. The minimum absolute atomic E-state index is 0.156. The minimum Gasteiger partial charge on any atom is -0.347 e. The fraction of sp³-hybridized carbons (Fsp3) is 0.158. The third-order valence-electron chi connectivity index (χ3n) is 3.74. The summed E-state index contributed by atoms with van der Waals surface area (Å²) in [7, 11) is 0. The molecule has 0 spiro atoms. The fourth-order valence-electron chi connectivity index (χ4n) is 2.29. The second kappa shape index (κ2) is 6.48. The number of hydrogen-bond donors (Lipinski definition) is 2. The number of nitrogens with zero attached hydrogens (tertiary/aromatic N) is 1. The van der Waals surface area contributed by atoms with Gasteiger partial charge >= 0.3 is 0 Å². The number of amides is 1. The summed E-state index contributed by atoms with van der Waals surface area (Å²) < 4.78 is 0. The number of hydrogen-bond acceptors (Lipinski definition) is 2. The van der Waals surface area contributed by atoms with Crippen LogP contribution in [0.25, 0.3) is 11.3 Å². The van der Waals surface area contributed by atoms with Crippen LogP contribution in [0.1, 0.15) is 27.2 Å². The van der Waals surface area contributed by atoms with Gasteiger partial charge in [-0.1, -0.05) is 59.7 Å². The lowest BCUT2D eigenvalue weighted by atomic mass is 10.1.